The molecule has 0 fully saturated rings. The number of imidazole rings is 1. The van der Waals surface area contributed by atoms with Crippen LogP contribution in [0.5, 0.6) is 11.5 Å². The largest absolute Gasteiger partial charge is 0.497 e. The highest BCUT2D eigenvalue weighted by Crippen LogP contribution is 2.29. The molecular weight excluding hydrogens is 350 g/mol. The first-order chi connectivity index (χ1) is 12.3. The number of thioether (sulfide) groups is 1. The number of nitrogens with zero attached hydrogens (tertiary/aromatic N) is 2. The fourth-order valence-electron chi connectivity index (χ4n) is 2.53. The van der Waals surface area contributed by atoms with Crippen LogP contribution >= 0.6 is 11.8 Å². The zero-order valence-corrected chi connectivity index (χ0v) is 17.1. The third kappa shape index (κ3) is 4.94. The van der Waals surface area contributed by atoms with Crippen molar-refractivity contribution >= 4 is 23.4 Å². The highest BCUT2D eigenvalue weighted by molar-refractivity contribution is 7.99. The monoisotopic (exact) mass is 377 g/mol. The summed E-state index contributed by atoms with van der Waals surface area (Å²) in [4.78, 5) is 17.0. The van der Waals surface area contributed by atoms with Crippen molar-refractivity contribution in [2.45, 2.75) is 39.4 Å². The lowest BCUT2D eigenvalue weighted by molar-refractivity contribution is -0.113. The standard InChI is InChI=1S/C19H27N3O3S/c1-12(2)10-22-14(4)13(3)20-19(22)26-11-18(23)21-16-8-7-15(24-5)9-17(16)25-6/h7-9,12H,10-11H2,1-6H3,(H,21,23). The van der Waals surface area contributed by atoms with Gasteiger partial charge in [0.15, 0.2) is 5.16 Å². The van der Waals surface area contributed by atoms with Gasteiger partial charge in [-0.2, -0.15) is 0 Å². The Labute approximate surface area is 159 Å². The van der Waals surface area contributed by atoms with Crippen LogP contribution in [0.15, 0.2) is 23.4 Å². The molecule has 0 unspecified atom stereocenters. The maximum absolute atomic E-state index is 12.4. The van der Waals surface area contributed by atoms with Crippen molar-refractivity contribution < 1.29 is 14.3 Å². The van der Waals surface area contributed by atoms with Gasteiger partial charge >= 0.3 is 0 Å². The predicted molar refractivity (Wildman–Crippen MR) is 105 cm³/mol. The maximum atomic E-state index is 12.4. The molecule has 0 radical (unpaired) electrons. The van der Waals surface area contributed by atoms with E-state index in [-0.39, 0.29) is 11.7 Å². The Morgan fingerprint density at radius 2 is 2.00 bits per heavy atom. The molecule has 26 heavy (non-hydrogen) atoms. The summed E-state index contributed by atoms with van der Waals surface area (Å²) >= 11 is 1.45. The van der Waals surface area contributed by atoms with E-state index < -0.39 is 0 Å². The molecule has 7 heteroatoms. The number of nitrogens with one attached hydrogen (secondary N) is 1. The van der Waals surface area contributed by atoms with Gasteiger partial charge in [-0.05, 0) is 31.9 Å². The molecule has 0 saturated heterocycles. The Morgan fingerprint density at radius 3 is 2.62 bits per heavy atom. The Hall–Kier alpha value is -2.15. The van der Waals surface area contributed by atoms with Crippen molar-refractivity contribution in [3.05, 3.63) is 29.6 Å². The highest BCUT2D eigenvalue weighted by Gasteiger charge is 2.15. The molecule has 0 aliphatic heterocycles. The number of rotatable bonds is 8. The van der Waals surface area contributed by atoms with E-state index >= 15 is 0 Å². The van der Waals surface area contributed by atoms with E-state index in [0.717, 1.165) is 23.1 Å². The number of methoxy groups -OCH3 is 2. The first-order valence-corrected chi connectivity index (χ1v) is 9.52. The summed E-state index contributed by atoms with van der Waals surface area (Å²) in [6.07, 6.45) is 0. The minimum absolute atomic E-state index is 0.104. The zero-order valence-electron chi connectivity index (χ0n) is 16.3. The second-order valence-electron chi connectivity index (χ2n) is 6.47. The van der Waals surface area contributed by atoms with E-state index in [0.29, 0.717) is 23.1 Å². The van der Waals surface area contributed by atoms with E-state index in [2.05, 4.69) is 35.6 Å². The summed E-state index contributed by atoms with van der Waals surface area (Å²) in [6.45, 7) is 9.30. The molecule has 6 nitrogen and oxygen atoms in total. The molecule has 0 aliphatic carbocycles. The number of amides is 1. The van der Waals surface area contributed by atoms with E-state index in [1.165, 1.54) is 11.8 Å². The average molecular weight is 378 g/mol. The number of ether oxygens (including phenoxy) is 2. The molecule has 0 aliphatic rings. The van der Waals surface area contributed by atoms with Crippen LogP contribution in [0.2, 0.25) is 0 Å². The molecule has 0 atom stereocenters. The Morgan fingerprint density at radius 1 is 1.27 bits per heavy atom. The zero-order chi connectivity index (χ0) is 19.3. The molecule has 1 N–H and O–H groups in total. The van der Waals surface area contributed by atoms with Crippen LogP contribution < -0.4 is 14.8 Å². The van der Waals surface area contributed by atoms with Crippen LogP contribution in [0.4, 0.5) is 5.69 Å². The summed E-state index contributed by atoms with van der Waals surface area (Å²) < 4.78 is 12.7. The fraction of sp³-hybridized carbons (Fsp3) is 0.474. The SMILES string of the molecule is COc1ccc(NC(=O)CSc2nc(C)c(C)n2CC(C)C)c(OC)c1. The smallest absolute Gasteiger partial charge is 0.234 e. The number of aromatic nitrogens is 2. The number of hydrogen-bond acceptors (Lipinski definition) is 5. The Bertz CT molecular complexity index is 772. The predicted octanol–water partition coefficient (Wildman–Crippen LogP) is 3.90. The Balaban J connectivity index is 2.05. The van der Waals surface area contributed by atoms with E-state index in [4.69, 9.17) is 9.47 Å². The van der Waals surface area contributed by atoms with E-state index in [9.17, 15) is 4.79 Å². The molecule has 142 valence electrons. The van der Waals surface area contributed by atoms with E-state index in [1.54, 1.807) is 32.4 Å². The Kier molecular flexibility index (Phi) is 6.97. The van der Waals surface area contributed by atoms with Gasteiger partial charge in [0, 0.05) is 18.3 Å². The van der Waals surface area contributed by atoms with Gasteiger partial charge in [-0.15, -0.1) is 0 Å². The molecule has 1 heterocycles. The number of anilines is 1. The van der Waals surface area contributed by atoms with Crippen LogP contribution in [-0.2, 0) is 11.3 Å². The maximum Gasteiger partial charge on any atom is 0.234 e. The first-order valence-electron chi connectivity index (χ1n) is 8.54. The van der Waals surface area contributed by atoms with Crippen molar-refractivity contribution in [2.24, 2.45) is 5.92 Å². The number of carbonyl (C=O) groups is 1. The van der Waals surface area contributed by atoms with Crippen molar-refractivity contribution in [1.82, 2.24) is 9.55 Å². The van der Waals surface area contributed by atoms with Crippen LogP contribution in [-0.4, -0.2) is 35.4 Å². The first kappa shape index (κ1) is 20.2. The lowest BCUT2D eigenvalue weighted by Gasteiger charge is -2.13. The van der Waals surface area contributed by atoms with Crippen molar-refractivity contribution in [3.8, 4) is 11.5 Å². The number of aryl methyl sites for hydroxylation is 1. The van der Waals surface area contributed by atoms with Gasteiger partial charge in [-0.3, -0.25) is 4.79 Å². The van der Waals surface area contributed by atoms with E-state index in [1.807, 2.05) is 6.92 Å². The van der Waals surface area contributed by atoms with Crippen molar-refractivity contribution in [2.75, 3.05) is 25.3 Å². The molecule has 0 saturated carbocycles. The lowest BCUT2D eigenvalue weighted by Crippen LogP contribution is -2.16. The normalized spacial score (nSPS) is 10.9. The second kappa shape index (κ2) is 8.98. The van der Waals surface area contributed by atoms with Crippen LogP contribution in [0.3, 0.4) is 0 Å². The molecule has 1 aromatic carbocycles. The number of carbonyl (C=O) groups excluding carboxylic acids is 1. The van der Waals surface area contributed by atoms with Crippen molar-refractivity contribution in [3.63, 3.8) is 0 Å². The third-order valence-corrected chi connectivity index (χ3v) is 4.96. The molecular formula is C19H27N3O3S. The van der Waals surface area contributed by atoms with Gasteiger partial charge in [-0.1, -0.05) is 25.6 Å². The van der Waals surface area contributed by atoms with Gasteiger partial charge in [-0.25, -0.2) is 4.98 Å². The summed E-state index contributed by atoms with van der Waals surface area (Å²) in [7, 11) is 3.15. The quantitative estimate of drug-likeness (QED) is 0.707. The van der Waals surface area contributed by atoms with Crippen LogP contribution in [0.25, 0.3) is 0 Å². The van der Waals surface area contributed by atoms with Gasteiger partial charge in [0.2, 0.25) is 5.91 Å². The van der Waals surface area contributed by atoms with Crippen molar-refractivity contribution in [1.29, 1.82) is 0 Å². The summed E-state index contributed by atoms with van der Waals surface area (Å²) in [5, 5.41) is 3.77. The van der Waals surface area contributed by atoms with Gasteiger partial charge in [0.25, 0.3) is 0 Å². The van der Waals surface area contributed by atoms with Crippen LogP contribution in [0.1, 0.15) is 25.2 Å². The van der Waals surface area contributed by atoms with Gasteiger partial charge in [0.1, 0.15) is 11.5 Å². The molecule has 0 spiro atoms. The molecule has 2 rings (SSSR count). The molecule has 1 amide bonds. The lowest BCUT2D eigenvalue weighted by atomic mass is 10.2. The van der Waals surface area contributed by atoms with Gasteiger partial charge < -0.3 is 19.4 Å². The minimum Gasteiger partial charge on any atom is -0.497 e. The molecule has 2 aromatic rings. The number of hydrogen-bond donors (Lipinski definition) is 1. The molecule has 1 aromatic heterocycles. The highest BCUT2D eigenvalue weighted by atomic mass is 32.2. The summed E-state index contributed by atoms with van der Waals surface area (Å²) in [5.41, 5.74) is 2.78. The summed E-state index contributed by atoms with van der Waals surface area (Å²) in [5.74, 6) is 1.93. The average Bonchev–Trinajstić information content (AvgIpc) is 2.87. The third-order valence-electron chi connectivity index (χ3n) is 3.99. The topological polar surface area (TPSA) is 65.4 Å². The fourth-order valence-corrected chi connectivity index (χ4v) is 3.43. The minimum atomic E-state index is -0.104. The summed E-state index contributed by atoms with van der Waals surface area (Å²) in [6, 6.07) is 5.30. The van der Waals surface area contributed by atoms with Crippen LogP contribution in [0, 0.1) is 19.8 Å². The van der Waals surface area contributed by atoms with Gasteiger partial charge in [0.05, 0.1) is 31.4 Å². The number of benzene rings is 1. The molecule has 0 bridgehead atoms. The second-order valence-corrected chi connectivity index (χ2v) is 7.42.